The minimum atomic E-state index is -0.0575. The largest absolute Gasteiger partial charge is 0.389 e. The molecule has 0 spiro atoms. The maximum absolute atomic E-state index is 12.0. The van der Waals surface area contributed by atoms with Crippen LogP contribution in [0.3, 0.4) is 0 Å². The van der Waals surface area contributed by atoms with Crippen LogP contribution in [-0.4, -0.2) is 24.1 Å². The van der Waals surface area contributed by atoms with Gasteiger partial charge in [-0.15, -0.1) is 0 Å². The number of nitrogens with one attached hydrogen (secondary N) is 1. The zero-order chi connectivity index (χ0) is 13.1. The highest BCUT2D eigenvalue weighted by Gasteiger charge is 2.23. The lowest BCUT2D eigenvalue weighted by atomic mass is 10.1. The summed E-state index contributed by atoms with van der Waals surface area (Å²) in [5, 5.41) is 2.91. The quantitative estimate of drug-likeness (QED) is 0.814. The van der Waals surface area contributed by atoms with Crippen molar-refractivity contribution in [3.05, 3.63) is 29.3 Å². The number of thiocarbonyl (C=S) groups is 1. The highest BCUT2D eigenvalue weighted by Crippen LogP contribution is 2.20. The van der Waals surface area contributed by atoms with E-state index in [1.807, 2.05) is 25.1 Å². The molecule has 1 heterocycles. The van der Waals surface area contributed by atoms with E-state index < -0.39 is 0 Å². The van der Waals surface area contributed by atoms with Crippen LogP contribution in [0.25, 0.3) is 0 Å². The van der Waals surface area contributed by atoms with Gasteiger partial charge in [-0.2, -0.15) is 0 Å². The summed E-state index contributed by atoms with van der Waals surface area (Å²) in [5.74, 6) is -0.0615. The Hall–Kier alpha value is -1.46. The molecular weight excluding hydrogens is 248 g/mol. The summed E-state index contributed by atoms with van der Waals surface area (Å²) in [6.07, 6.45) is 0.778. The van der Waals surface area contributed by atoms with E-state index in [1.54, 1.807) is 0 Å². The fourth-order valence-corrected chi connectivity index (χ4v) is 2.01. The average Bonchev–Trinajstić information content (AvgIpc) is 2.85. The molecule has 3 N–H and O–H groups in total. The van der Waals surface area contributed by atoms with Gasteiger partial charge in [0, 0.05) is 17.9 Å². The highest BCUT2D eigenvalue weighted by molar-refractivity contribution is 7.80. The van der Waals surface area contributed by atoms with Crippen LogP contribution in [0.5, 0.6) is 0 Å². The highest BCUT2D eigenvalue weighted by atomic mass is 32.1. The van der Waals surface area contributed by atoms with Crippen molar-refractivity contribution in [3.8, 4) is 0 Å². The van der Waals surface area contributed by atoms with Gasteiger partial charge in [-0.05, 0) is 25.0 Å². The van der Waals surface area contributed by atoms with Crippen molar-refractivity contribution < 1.29 is 9.53 Å². The number of ether oxygens (including phenoxy) is 1. The van der Waals surface area contributed by atoms with E-state index in [-0.39, 0.29) is 11.8 Å². The molecule has 0 aliphatic carbocycles. The molecule has 0 bridgehead atoms. The maximum Gasteiger partial charge on any atom is 0.229 e. The molecule has 1 aliphatic heterocycles. The second-order valence-corrected chi connectivity index (χ2v) is 4.88. The van der Waals surface area contributed by atoms with Crippen LogP contribution >= 0.6 is 12.2 Å². The minimum Gasteiger partial charge on any atom is -0.389 e. The molecule has 1 atom stereocenters. The van der Waals surface area contributed by atoms with Crippen molar-refractivity contribution in [2.45, 2.75) is 13.3 Å². The van der Waals surface area contributed by atoms with Crippen molar-refractivity contribution in [2.75, 3.05) is 18.5 Å². The first-order chi connectivity index (χ1) is 8.58. The Balaban J connectivity index is 2.14. The van der Waals surface area contributed by atoms with Gasteiger partial charge >= 0.3 is 0 Å². The standard InChI is InChI=1S/C13H16N2O2S/c1-8-2-3-9(12(14)18)6-11(8)15-13(16)10-4-5-17-7-10/h2-3,6,10H,4-5,7H2,1H3,(H2,14,18)(H,15,16). The SMILES string of the molecule is Cc1ccc(C(N)=S)cc1NC(=O)C1CCOC1. The Labute approximate surface area is 112 Å². The maximum atomic E-state index is 12.0. The van der Waals surface area contributed by atoms with Crippen LogP contribution in [0, 0.1) is 12.8 Å². The van der Waals surface area contributed by atoms with E-state index in [4.69, 9.17) is 22.7 Å². The van der Waals surface area contributed by atoms with Crippen molar-refractivity contribution >= 4 is 28.8 Å². The monoisotopic (exact) mass is 264 g/mol. The average molecular weight is 264 g/mol. The zero-order valence-corrected chi connectivity index (χ0v) is 11.0. The van der Waals surface area contributed by atoms with E-state index in [0.717, 1.165) is 23.2 Å². The molecule has 1 aromatic rings. The molecule has 1 amide bonds. The van der Waals surface area contributed by atoms with E-state index >= 15 is 0 Å². The molecule has 1 aromatic carbocycles. The van der Waals surface area contributed by atoms with Gasteiger partial charge < -0.3 is 15.8 Å². The normalized spacial score (nSPS) is 18.6. The van der Waals surface area contributed by atoms with Gasteiger partial charge in [0.2, 0.25) is 5.91 Å². The molecule has 96 valence electrons. The number of carbonyl (C=O) groups excluding carboxylic acids is 1. The zero-order valence-electron chi connectivity index (χ0n) is 10.2. The number of rotatable bonds is 3. The van der Waals surface area contributed by atoms with Gasteiger partial charge in [0.25, 0.3) is 0 Å². The third-order valence-electron chi connectivity index (χ3n) is 3.08. The second-order valence-electron chi connectivity index (χ2n) is 4.44. The molecule has 5 heteroatoms. The number of anilines is 1. The minimum absolute atomic E-state index is 0.00399. The van der Waals surface area contributed by atoms with Crippen LogP contribution in [0.4, 0.5) is 5.69 Å². The van der Waals surface area contributed by atoms with Gasteiger partial charge in [-0.3, -0.25) is 4.79 Å². The molecule has 1 saturated heterocycles. The number of aryl methyl sites for hydroxylation is 1. The fraction of sp³-hybridized carbons (Fsp3) is 0.385. The molecule has 4 nitrogen and oxygen atoms in total. The second kappa shape index (κ2) is 5.46. The van der Waals surface area contributed by atoms with Crippen LogP contribution in [-0.2, 0) is 9.53 Å². The number of hydrogen-bond donors (Lipinski definition) is 2. The van der Waals surface area contributed by atoms with Crippen LogP contribution in [0.15, 0.2) is 18.2 Å². The van der Waals surface area contributed by atoms with Gasteiger partial charge in [0.05, 0.1) is 12.5 Å². The molecule has 1 unspecified atom stereocenters. The van der Waals surface area contributed by atoms with Gasteiger partial charge in [-0.25, -0.2) is 0 Å². The Morgan fingerprint density at radius 1 is 1.56 bits per heavy atom. The summed E-state index contributed by atoms with van der Waals surface area (Å²) in [6, 6.07) is 5.56. The predicted octanol–water partition coefficient (Wildman–Crippen LogP) is 1.60. The predicted molar refractivity (Wildman–Crippen MR) is 74.6 cm³/mol. The smallest absolute Gasteiger partial charge is 0.229 e. The lowest BCUT2D eigenvalue weighted by molar-refractivity contribution is -0.119. The summed E-state index contributed by atoms with van der Waals surface area (Å²) in [7, 11) is 0. The number of nitrogens with two attached hydrogens (primary N) is 1. The van der Waals surface area contributed by atoms with Crippen molar-refractivity contribution in [2.24, 2.45) is 11.7 Å². The van der Waals surface area contributed by atoms with Crippen LogP contribution in [0.1, 0.15) is 17.5 Å². The molecule has 0 saturated carbocycles. The molecule has 1 aliphatic rings. The number of benzene rings is 1. The van der Waals surface area contributed by atoms with Gasteiger partial charge in [0.1, 0.15) is 4.99 Å². The first-order valence-corrected chi connectivity index (χ1v) is 6.28. The summed E-state index contributed by atoms with van der Waals surface area (Å²) in [4.78, 5) is 12.3. The molecule has 2 rings (SSSR count). The summed E-state index contributed by atoms with van der Waals surface area (Å²) >= 11 is 4.93. The Bertz CT molecular complexity index is 482. The van der Waals surface area contributed by atoms with Crippen molar-refractivity contribution in [1.82, 2.24) is 0 Å². The first-order valence-electron chi connectivity index (χ1n) is 5.87. The van der Waals surface area contributed by atoms with Gasteiger partial charge in [-0.1, -0.05) is 24.4 Å². The van der Waals surface area contributed by atoms with Crippen molar-refractivity contribution in [3.63, 3.8) is 0 Å². The lowest BCUT2D eigenvalue weighted by Gasteiger charge is -2.12. The molecule has 0 aromatic heterocycles. The van der Waals surface area contributed by atoms with E-state index in [1.165, 1.54) is 0 Å². The molecule has 1 fully saturated rings. The van der Waals surface area contributed by atoms with Gasteiger partial charge in [0.15, 0.2) is 0 Å². The molecule has 18 heavy (non-hydrogen) atoms. The van der Waals surface area contributed by atoms with E-state index in [0.29, 0.717) is 18.2 Å². The van der Waals surface area contributed by atoms with E-state index in [2.05, 4.69) is 5.32 Å². The Kier molecular flexibility index (Phi) is 3.93. The third-order valence-corrected chi connectivity index (χ3v) is 3.32. The summed E-state index contributed by atoms with van der Waals surface area (Å²) in [6.45, 7) is 3.09. The summed E-state index contributed by atoms with van der Waals surface area (Å²) < 4.78 is 5.21. The first kappa shape index (κ1) is 13.0. The molecule has 0 radical (unpaired) electrons. The van der Waals surface area contributed by atoms with Crippen molar-refractivity contribution in [1.29, 1.82) is 0 Å². The topological polar surface area (TPSA) is 64.3 Å². The number of amides is 1. The number of hydrogen-bond acceptors (Lipinski definition) is 3. The Morgan fingerprint density at radius 2 is 2.33 bits per heavy atom. The van der Waals surface area contributed by atoms with Crippen LogP contribution < -0.4 is 11.1 Å². The fourth-order valence-electron chi connectivity index (χ4n) is 1.89. The lowest BCUT2D eigenvalue weighted by Crippen LogP contribution is -2.23. The number of carbonyl (C=O) groups is 1. The Morgan fingerprint density at radius 3 is 2.94 bits per heavy atom. The third kappa shape index (κ3) is 2.86. The molecular formula is C13H16N2O2S. The van der Waals surface area contributed by atoms with Crippen LogP contribution in [0.2, 0.25) is 0 Å². The van der Waals surface area contributed by atoms with E-state index in [9.17, 15) is 4.79 Å². The summed E-state index contributed by atoms with van der Waals surface area (Å²) in [5.41, 5.74) is 8.09.